The zero-order valence-corrected chi connectivity index (χ0v) is 19.1. The van der Waals surface area contributed by atoms with Crippen molar-refractivity contribution >= 4 is 23.4 Å². The molecule has 1 aliphatic heterocycles. The Kier molecular flexibility index (Phi) is 5.62. The number of benzene rings is 1. The van der Waals surface area contributed by atoms with Gasteiger partial charge < -0.3 is 19.5 Å². The zero-order valence-electron chi connectivity index (χ0n) is 19.1. The number of anilines is 3. The van der Waals surface area contributed by atoms with Crippen molar-refractivity contribution in [3.05, 3.63) is 72.0 Å². The summed E-state index contributed by atoms with van der Waals surface area (Å²) in [7, 11) is 1.92. The van der Waals surface area contributed by atoms with Crippen LogP contribution in [-0.2, 0) is 0 Å². The predicted molar refractivity (Wildman–Crippen MR) is 128 cm³/mol. The lowest BCUT2D eigenvalue weighted by Crippen LogP contribution is -2.33. The van der Waals surface area contributed by atoms with Crippen molar-refractivity contribution in [1.82, 2.24) is 25.1 Å². The first-order valence-electron chi connectivity index (χ1n) is 11.0. The standard InChI is InChI=1S/C24H24N8O2/c1-15(20-9-4-5-10-25-20)27-24-26-14-19-21(28-24)31(3)11-12-32(23(19)33)18-8-6-7-17(13-18)22-30-29-16(2)34-22/h4-10,13-15H,11-12H2,1-3H3,(H,26,27,28). The molecule has 1 N–H and O–H groups in total. The summed E-state index contributed by atoms with van der Waals surface area (Å²) in [5.74, 6) is 1.77. The molecule has 0 bridgehead atoms. The molecular formula is C24H24N8O2. The third-order valence-corrected chi connectivity index (χ3v) is 5.67. The molecule has 3 aromatic heterocycles. The van der Waals surface area contributed by atoms with E-state index in [9.17, 15) is 4.79 Å². The van der Waals surface area contributed by atoms with Crippen LogP contribution in [0.15, 0.2) is 59.3 Å². The Morgan fingerprint density at radius 2 is 1.97 bits per heavy atom. The average molecular weight is 457 g/mol. The van der Waals surface area contributed by atoms with Gasteiger partial charge in [0.05, 0.1) is 11.7 Å². The van der Waals surface area contributed by atoms with Crippen LogP contribution >= 0.6 is 0 Å². The molecule has 10 nitrogen and oxygen atoms in total. The summed E-state index contributed by atoms with van der Waals surface area (Å²) in [4.78, 5) is 30.7. The van der Waals surface area contributed by atoms with Crippen molar-refractivity contribution in [2.75, 3.05) is 35.3 Å². The number of rotatable bonds is 5. The van der Waals surface area contributed by atoms with Gasteiger partial charge in [0.25, 0.3) is 5.91 Å². The average Bonchev–Trinajstić information content (AvgIpc) is 3.26. The largest absolute Gasteiger partial charge is 0.421 e. The van der Waals surface area contributed by atoms with E-state index in [0.717, 1.165) is 16.9 Å². The van der Waals surface area contributed by atoms with Gasteiger partial charge in [-0.15, -0.1) is 10.2 Å². The van der Waals surface area contributed by atoms with Crippen LogP contribution in [0.2, 0.25) is 0 Å². The van der Waals surface area contributed by atoms with Gasteiger partial charge in [0.1, 0.15) is 11.4 Å². The molecule has 0 fully saturated rings. The lowest BCUT2D eigenvalue weighted by Gasteiger charge is -2.21. The van der Waals surface area contributed by atoms with Gasteiger partial charge in [-0.1, -0.05) is 12.1 Å². The van der Waals surface area contributed by atoms with Crippen molar-refractivity contribution in [2.45, 2.75) is 19.9 Å². The molecule has 1 atom stereocenters. The van der Waals surface area contributed by atoms with Gasteiger partial charge in [0.2, 0.25) is 17.7 Å². The van der Waals surface area contributed by atoms with Gasteiger partial charge in [-0.05, 0) is 37.3 Å². The van der Waals surface area contributed by atoms with E-state index in [4.69, 9.17) is 4.42 Å². The Balaban J connectivity index is 1.43. The fourth-order valence-corrected chi connectivity index (χ4v) is 3.85. The smallest absolute Gasteiger partial charge is 0.263 e. The maximum atomic E-state index is 13.5. The minimum Gasteiger partial charge on any atom is -0.421 e. The number of aromatic nitrogens is 5. The van der Waals surface area contributed by atoms with E-state index in [1.807, 2.05) is 61.3 Å². The highest BCUT2D eigenvalue weighted by atomic mass is 16.4. The second kappa shape index (κ2) is 8.89. The summed E-state index contributed by atoms with van der Waals surface area (Å²) in [6.07, 6.45) is 3.33. The third-order valence-electron chi connectivity index (χ3n) is 5.67. The quantitative estimate of drug-likeness (QED) is 0.482. The maximum Gasteiger partial charge on any atom is 0.263 e. The van der Waals surface area contributed by atoms with Crippen molar-refractivity contribution in [3.8, 4) is 11.5 Å². The highest BCUT2D eigenvalue weighted by molar-refractivity contribution is 6.09. The number of hydrogen-bond donors (Lipinski definition) is 1. The molecule has 172 valence electrons. The fraction of sp³-hybridized carbons (Fsp3) is 0.250. The van der Waals surface area contributed by atoms with Crippen LogP contribution in [0.4, 0.5) is 17.5 Å². The Morgan fingerprint density at radius 3 is 2.74 bits per heavy atom. The molecule has 4 heterocycles. The molecule has 5 rings (SSSR count). The van der Waals surface area contributed by atoms with Crippen LogP contribution in [0, 0.1) is 6.92 Å². The van der Waals surface area contributed by atoms with Gasteiger partial charge in [0.15, 0.2) is 0 Å². The van der Waals surface area contributed by atoms with Gasteiger partial charge in [-0.2, -0.15) is 4.98 Å². The van der Waals surface area contributed by atoms with Gasteiger partial charge in [0, 0.05) is 50.7 Å². The van der Waals surface area contributed by atoms with Crippen molar-refractivity contribution < 1.29 is 9.21 Å². The van der Waals surface area contributed by atoms with Crippen molar-refractivity contribution in [1.29, 1.82) is 0 Å². The second-order valence-electron chi connectivity index (χ2n) is 8.11. The maximum absolute atomic E-state index is 13.5. The van der Waals surface area contributed by atoms with Crippen LogP contribution in [0.25, 0.3) is 11.5 Å². The summed E-state index contributed by atoms with van der Waals surface area (Å²) < 4.78 is 5.55. The third kappa shape index (κ3) is 4.17. The molecule has 10 heteroatoms. The highest BCUT2D eigenvalue weighted by Gasteiger charge is 2.28. The minimum absolute atomic E-state index is 0.0846. The Morgan fingerprint density at radius 1 is 1.09 bits per heavy atom. The monoisotopic (exact) mass is 456 g/mol. The molecule has 4 aromatic rings. The Hall–Kier alpha value is -4.34. The molecule has 0 radical (unpaired) electrons. The summed E-state index contributed by atoms with van der Waals surface area (Å²) in [6.45, 7) is 4.83. The van der Waals surface area contributed by atoms with Gasteiger partial charge in [-0.3, -0.25) is 9.78 Å². The van der Waals surface area contributed by atoms with Crippen molar-refractivity contribution in [3.63, 3.8) is 0 Å². The van der Waals surface area contributed by atoms with Crippen LogP contribution in [0.1, 0.15) is 34.9 Å². The van der Waals surface area contributed by atoms with Gasteiger partial charge >= 0.3 is 0 Å². The van der Waals surface area contributed by atoms with E-state index in [1.165, 1.54) is 0 Å². The molecule has 0 saturated carbocycles. The topological polar surface area (TPSA) is 113 Å². The first-order valence-corrected chi connectivity index (χ1v) is 11.0. The number of carbonyl (C=O) groups is 1. The summed E-state index contributed by atoms with van der Waals surface area (Å²) >= 11 is 0. The molecule has 1 aromatic carbocycles. The molecule has 1 aliphatic rings. The normalized spacial score (nSPS) is 14.5. The molecular weight excluding hydrogens is 432 g/mol. The number of fused-ring (bicyclic) bond motifs is 1. The van der Waals surface area contributed by atoms with Gasteiger partial charge in [-0.25, -0.2) is 4.98 Å². The summed E-state index contributed by atoms with van der Waals surface area (Å²) in [6, 6.07) is 13.2. The first kappa shape index (κ1) is 21.5. The number of pyridine rings is 1. The molecule has 1 unspecified atom stereocenters. The predicted octanol–water partition coefficient (Wildman–Crippen LogP) is 3.50. The Bertz CT molecular complexity index is 1320. The minimum atomic E-state index is -0.164. The number of nitrogens with zero attached hydrogens (tertiary/aromatic N) is 7. The lowest BCUT2D eigenvalue weighted by atomic mass is 10.1. The number of carbonyl (C=O) groups excluding carboxylic acids is 1. The number of amides is 1. The summed E-state index contributed by atoms with van der Waals surface area (Å²) in [5, 5.41) is 11.3. The van der Waals surface area contributed by atoms with E-state index >= 15 is 0 Å². The second-order valence-corrected chi connectivity index (χ2v) is 8.11. The highest BCUT2D eigenvalue weighted by Crippen LogP contribution is 2.29. The van der Waals surface area contributed by atoms with Crippen LogP contribution < -0.4 is 15.1 Å². The van der Waals surface area contributed by atoms with Crippen LogP contribution in [0.3, 0.4) is 0 Å². The molecule has 0 spiro atoms. The summed E-state index contributed by atoms with van der Waals surface area (Å²) in [5.41, 5.74) is 2.82. The van der Waals surface area contributed by atoms with E-state index < -0.39 is 0 Å². The fourth-order valence-electron chi connectivity index (χ4n) is 3.85. The lowest BCUT2D eigenvalue weighted by molar-refractivity contribution is 0.0989. The number of nitrogens with one attached hydrogen (secondary N) is 1. The number of likely N-dealkylation sites (N-methyl/N-ethyl adjacent to an activating group) is 1. The van der Waals surface area contributed by atoms with E-state index in [2.05, 4.69) is 30.5 Å². The van der Waals surface area contributed by atoms with E-state index in [0.29, 0.717) is 42.2 Å². The molecule has 0 saturated heterocycles. The SMILES string of the molecule is Cc1nnc(-c2cccc(N3CCN(C)c4nc(NC(C)c5ccccn5)ncc4C3=O)c2)o1. The number of aryl methyl sites for hydroxylation is 1. The molecule has 34 heavy (non-hydrogen) atoms. The van der Waals surface area contributed by atoms with E-state index in [-0.39, 0.29) is 11.9 Å². The van der Waals surface area contributed by atoms with E-state index in [1.54, 1.807) is 24.2 Å². The van der Waals surface area contributed by atoms with Crippen LogP contribution in [0.5, 0.6) is 0 Å². The van der Waals surface area contributed by atoms with Crippen molar-refractivity contribution in [2.24, 2.45) is 0 Å². The zero-order chi connectivity index (χ0) is 23.7. The first-order chi connectivity index (χ1) is 16.5. The van der Waals surface area contributed by atoms with Crippen LogP contribution in [-0.4, -0.2) is 51.2 Å². The number of hydrogen-bond acceptors (Lipinski definition) is 9. The molecule has 0 aliphatic carbocycles. The Labute approximate surface area is 196 Å². The molecule has 1 amide bonds.